The second kappa shape index (κ2) is 17.3. The van der Waals surface area contributed by atoms with Crippen LogP contribution in [0.15, 0.2) is 49.1 Å². The zero-order chi connectivity index (χ0) is 34.5. The number of ether oxygens (including phenoxy) is 3. The Labute approximate surface area is 299 Å². The van der Waals surface area contributed by atoms with Crippen LogP contribution in [0.3, 0.4) is 0 Å². The molecule has 2 aliphatic rings. The fourth-order valence-electron chi connectivity index (χ4n) is 5.47. The van der Waals surface area contributed by atoms with Gasteiger partial charge in [-0.15, -0.1) is 0 Å². The van der Waals surface area contributed by atoms with E-state index in [1.165, 1.54) is 24.8 Å². The van der Waals surface area contributed by atoms with Crippen molar-refractivity contribution in [2.75, 3.05) is 18.1 Å². The van der Waals surface area contributed by atoms with E-state index in [0.717, 1.165) is 16.7 Å². The Morgan fingerprint density at radius 2 is 1.22 bits per heavy atom. The molecule has 8 N–H and O–H groups in total. The van der Waals surface area contributed by atoms with Crippen molar-refractivity contribution in [3.05, 3.63) is 71.3 Å². The second-order valence-electron chi connectivity index (χ2n) is 10.8. The molecule has 256 valence electrons. The molecule has 0 spiro atoms. The number of carbonyl (C=O) groups is 2. The van der Waals surface area contributed by atoms with Gasteiger partial charge in [-0.1, -0.05) is 0 Å². The number of fused-ring (bicyclic) bond motifs is 2. The van der Waals surface area contributed by atoms with Crippen molar-refractivity contribution >= 4 is 48.7 Å². The minimum absolute atomic E-state index is 0. The van der Waals surface area contributed by atoms with Crippen molar-refractivity contribution in [1.29, 1.82) is 0 Å². The molecule has 2 aliphatic heterocycles. The summed E-state index contributed by atoms with van der Waals surface area (Å²) in [4.78, 5) is 38.2. The van der Waals surface area contributed by atoms with Crippen molar-refractivity contribution < 1.29 is 72.6 Å². The molecule has 2 atom stereocenters. The van der Waals surface area contributed by atoms with E-state index in [4.69, 9.17) is 40.1 Å². The average molecular weight is 682 g/mol. The maximum Gasteiger partial charge on any atom is 1.00 e. The van der Waals surface area contributed by atoms with Crippen LogP contribution in [-0.4, -0.2) is 73.3 Å². The Bertz CT molecular complexity index is 1840. The number of carbonyl (C=O) groups excluding carboxylic acids is 1. The summed E-state index contributed by atoms with van der Waals surface area (Å²) in [6.45, 7) is 5.70. The molecule has 50 heavy (non-hydrogen) atoms. The first-order valence-electron chi connectivity index (χ1n) is 14.8. The number of anilines is 2. The van der Waals surface area contributed by atoms with Crippen molar-refractivity contribution in [2.24, 2.45) is 0 Å². The number of aromatic nitrogens is 4. The Kier molecular flexibility index (Phi) is 13.7. The summed E-state index contributed by atoms with van der Waals surface area (Å²) >= 11 is 0. The fraction of sp³-hybridized carbons (Fsp3) is 0.267. The van der Waals surface area contributed by atoms with Gasteiger partial charge >= 0.3 is 45.0 Å². The van der Waals surface area contributed by atoms with Gasteiger partial charge in [0.25, 0.3) is 0 Å². The van der Waals surface area contributed by atoms with Crippen LogP contribution in [0.25, 0.3) is 0 Å². The maximum atomic E-state index is 11.7. The molecule has 20 heteroatoms. The van der Waals surface area contributed by atoms with E-state index < -0.39 is 32.4 Å². The Morgan fingerprint density at radius 1 is 0.780 bits per heavy atom. The molecule has 0 bridgehead atoms. The fourth-order valence-corrected chi connectivity index (χ4v) is 5.47. The molecule has 0 saturated heterocycles. The van der Waals surface area contributed by atoms with E-state index in [1.54, 1.807) is 38.1 Å². The number of esters is 1. The van der Waals surface area contributed by atoms with E-state index in [0.29, 0.717) is 46.3 Å². The molecule has 0 amide bonds. The number of nitrogens with zero attached hydrogens (tertiary/aromatic N) is 4. The van der Waals surface area contributed by atoms with Gasteiger partial charge in [0.15, 0.2) is 0 Å². The predicted octanol–water partition coefficient (Wildman–Crippen LogP) is -1.91. The number of carboxylic acids is 1. The van der Waals surface area contributed by atoms with E-state index in [1.807, 2.05) is 6.92 Å². The van der Waals surface area contributed by atoms with Crippen LogP contribution in [0.2, 0.25) is 0 Å². The van der Waals surface area contributed by atoms with Crippen LogP contribution >= 0.6 is 0 Å². The Balaban J connectivity index is 0.000000261. The van der Waals surface area contributed by atoms with Gasteiger partial charge in [0.05, 0.1) is 31.7 Å². The number of nitrogen functional groups attached to an aromatic ring is 2. The molecule has 17 nitrogen and oxygen atoms in total. The van der Waals surface area contributed by atoms with E-state index in [-0.39, 0.29) is 54.8 Å². The number of hydrogen-bond donors (Lipinski definition) is 5. The summed E-state index contributed by atoms with van der Waals surface area (Å²) in [6, 6.07) is 9.76. The van der Waals surface area contributed by atoms with Crippen LogP contribution in [0.4, 0.5) is 11.6 Å². The quantitative estimate of drug-likeness (QED) is 0.0952. The molecule has 2 unspecified atom stereocenters. The summed E-state index contributed by atoms with van der Waals surface area (Å²) in [7, 11) is -2.32. The van der Waals surface area contributed by atoms with Crippen molar-refractivity contribution in [2.45, 2.75) is 45.8 Å². The largest absolute Gasteiger partial charge is 1.00 e. The van der Waals surface area contributed by atoms with Gasteiger partial charge in [-0.3, -0.25) is 9.59 Å². The van der Waals surface area contributed by atoms with Crippen LogP contribution in [0.5, 0.6) is 23.3 Å². The molecule has 4 aromatic rings. The zero-order valence-corrected chi connectivity index (χ0v) is 27.6. The summed E-state index contributed by atoms with van der Waals surface area (Å²) < 4.78 is 27.1. The first kappa shape index (κ1) is 39.7. The first-order chi connectivity index (χ1) is 22.9. The predicted molar refractivity (Wildman–Crippen MR) is 174 cm³/mol. The number of benzene rings is 2. The van der Waals surface area contributed by atoms with Gasteiger partial charge in [0.2, 0.25) is 11.8 Å². The SMILES string of the molecule is CCOC(=O)CC1OB(O)c2cc(Oc3cc(N)ncn3)cc(C)c21.Cc1cc(Oc2cc(N)ncn2)cc2c1C(CC(=O)O)OB2O.[Li+].[OH-]. The molecule has 0 radical (unpaired) electrons. The molecule has 0 saturated carbocycles. The normalized spacial score (nSPS) is 15.4. The summed E-state index contributed by atoms with van der Waals surface area (Å²) in [5, 5.41) is 29.1. The number of rotatable bonds is 9. The standard InChI is InChI=1S/C16H18BN3O5.C14H14BN3O5.Li.H2O/c1-3-23-15(21)6-12-16-9(2)4-10(5-11(16)17(22)25-12)24-14-7-13(18)19-8-20-14;1-7-2-8(22-12-5-11(16)17-6-18-12)3-9-14(7)10(4-13(19)20)23-15(9)21;;/h4-5,7-8,12,22H,3,6H2,1-2H3,(H2,18,19,20);2-3,5-6,10,21H,4H2,1H3,(H,19,20)(H2,16,17,18);;1H2/q;;+1;/p-1. The number of aryl methyl sites for hydroxylation is 2. The van der Waals surface area contributed by atoms with Gasteiger partial charge in [0, 0.05) is 12.1 Å². The van der Waals surface area contributed by atoms with Crippen LogP contribution in [0, 0.1) is 13.8 Å². The third-order valence-electron chi connectivity index (χ3n) is 7.34. The monoisotopic (exact) mass is 682 g/mol. The van der Waals surface area contributed by atoms with Crippen molar-refractivity contribution in [3.63, 3.8) is 0 Å². The number of aliphatic carboxylic acids is 1. The Hall–Kier alpha value is -4.73. The summed E-state index contributed by atoms with van der Waals surface area (Å²) in [5.74, 6) is 0.691. The van der Waals surface area contributed by atoms with E-state index >= 15 is 0 Å². The topological polar surface area (TPSA) is 275 Å². The molecule has 4 heterocycles. The van der Waals surface area contributed by atoms with E-state index in [2.05, 4.69) is 19.9 Å². The smallest absolute Gasteiger partial charge is 0.870 e. The molecular formula is C30H33B2LiN6O11. The van der Waals surface area contributed by atoms with Gasteiger partial charge < -0.3 is 55.6 Å². The minimum Gasteiger partial charge on any atom is -0.870 e. The molecule has 2 aromatic carbocycles. The third-order valence-corrected chi connectivity index (χ3v) is 7.34. The first-order valence-corrected chi connectivity index (χ1v) is 14.8. The maximum absolute atomic E-state index is 11.7. The number of hydrogen-bond acceptors (Lipinski definition) is 16. The average Bonchev–Trinajstić information content (AvgIpc) is 3.48. The van der Waals surface area contributed by atoms with Gasteiger partial charge in [-0.2, -0.15) is 0 Å². The van der Waals surface area contributed by atoms with Crippen LogP contribution in [-0.2, 0) is 23.6 Å². The van der Waals surface area contributed by atoms with Crippen LogP contribution in [0.1, 0.15) is 54.2 Å². The zero-order valence-electron chi connectivity index (χ0n) is 27.6. The van der Waals surface area contributed by atoms with Crippen molar-refractivity contribution in [3.8, 4) is 23.3 Å². The summed E-state index contributed by atoms with van der Waals surface area (Å²) in [6.07, 6.45) is 1.19. The molecule has 0 fully saturated rings. The molecule has 2 aromatic heterocycles. The van der Waals surface area contributed by atoms with Gasteiger partial charge in [-0.25, -0.2) is 19.9 Å². The number of nitrogens with two attached hydrogens (primary N) is 2. The Morgan fingerprint density at radius 3 is 1.62 bits per heavy atom. The third kappa shape index (κ3) is 9.49. The molecule has 6 rings (SSSR count). The van der Waals surface area contributed by atoms with Crippen molar-refractivity contribution in [1.82, 2.24) is 19.9 Å². The molecular weight excluding hydrogens is 649 g/mol. The van der Waals surface area contributed by atoms with Crippen LogP contribution < -0.4 is 50.7 Å². The van der Waals surface area contributed by atoms with Gasteiger partial charge in [-0.05, 0) is 78.2 Å². The van der Waals surface area contributed by atoms with E-state index in [9.17, 15) is 19.6 Å². The number of carboxylic acid groups (broad SMARTS) is 1. The molecule has 0 aliphatic carbocycles. The minimum atomic E-state index is -1.19. The summed E-state index contributed by atoms with van der Waals surface area (Å²) in [5.41, 5.74) is 15.3. The second-order valence-corrected chi connectivity index (χ2v) is 10.8. The van der Waals surface area contributed by atoms with Gasteiger partial charge in [0.1, 0.15) is 35.8 Å².